The number of carbonyl (C=O) groups excluding carboxylic acids is 2. The summed E-state index contributed by atoms with van der Waals surface area (Å²) < 4.78 is 4.70. The van der Waals surface area contributed by atoms with Gasteiger partial charge in [0.15, 0.2) is 0 Å². The van der Waals surface area contributed by atoms with Crippen LogP contribution in [0.25, 0.3) is 0 Å². The number of esters is 1. The smallest absolute Gasteiger partial charge is 0.328 e. The number of hydrogen-bond donors (Lipinski definition) is 2. The predicted octanol–water partition coefficient (Wildman–Crippen LogP) is -0.0308. The molecule has 0 saturated carbocycles. The Balaban J connectivity index is 2.26. The maximum Gasteiger partial charge on any atom is 0.328 e. The van der Waals surface area contributed by atoms with E-state index in [9.17, 15) is 14.7 Å². The number of rotatable bonds is 5. The standard InChI is InChI=1S/C10H17NO4/c1-2-3-7(12)6-9(13)11-8-4-5-15-10(8)14/h7-8,12H,2-6H2,1H3,(H,11,13)/t7?,8-/m0/s1. The zero-order valence-corrected chi connectivity index (χ0v) is 8.86. The third-order valence-corrected chi connectivity index (χ3v) is 2.31. The summed E-state index contributed by atoms with van der Waals surface area (Å²) >= 11 is 0. The summed E-state index contributed by atoms with van der Waals surface area (Å²) in [5.41, 5.74) is 0. The van der Waals surface area contributed by atoms with E-state index < -0.39 is 12.1 Å². The Morgan fingerprint density at radius 1 is 1.73 bits per heavy atom. The highest BCUT2D eigenvalue weighted by atomic mass is 16.5. The minimum Gasteiger partial charge on any atom is -0.464 e. The van der Waals surface area contributed by atoms with Crippen LogP contribution < -0.4 is 5.32 Å². The fourth-order valence-corrected chi connectivity index (χ4v) is 1.53. The number of hydrogen-bond acceptors (Lipinski definition) is 4. The highest BCUT2D eigenvalue weighted by Gasteiger charge is 2.28. The van der Waals surface area contributed by atoms with Crippen molar-refractivity contribution in [1.29, 1.82) is 0 Å². The van der Waals surface area contributed by atoms with Crippen LogP contribution in [-0.2, 0) is 14.3 Å². The highest BCUT2D eigenvalue weighted by Crippen LogP contribution is 2.07. The third kappa shape index (κ3) is 3.87. The molecule has 1 unspecified atom stereocenters. The van der Waals surface area contributed by atoms with Gasteiger partial charge in [0.05, 0.1) is 19.1 Å². The van der Waals surface area contributed by atoms with Gasteiger partial charge >= 0.3 is 5.97 Å². The molecular formula is C10H17NO4. The van der Waals surface area contributed by atoms with Crippen LogP contribution in [0.3, 0.4) is 0 Å². The summed E-state index contributed by atoms with van der Waals surface area (Å²) in [6, 6.07) is -0.522. The number of amides is 1. The van der Waals surface area contributed by atoms with Gasteiger partial charge in [0, 0.05) is 6.42 Å². The molecule has 2 N–H and O–H groups in total. The second-order valence-corrected chi connectivity index (χ2v) is 3.72. The maximum absolute atomic E-state index is 11.4. The van der Waals surface area contributed by atoms with Crippen LogP contribution in [0.2, 0.25) is 0 Å². The molecule has 0 bridgehead atoms. The highest BCUT2D eigenvalue weighted by molar-refractivity contribution is 5.85. The van der Waals surface area contributed by atoms with E-state index in [2.05, 4.69) is 5.32 Å². The van der Waals surface area contributed by atoms with Gasteiger partial charge in [0.2, 0.25) is 5.91 Å². The molecule has 2 atom stereocenters. The molecule has 0 aromatic carbocycles. The van der Waals surface area contributed by atoms with Gasteiger partial charge in [-0.15, -0.1) is 0 Å². The van der Waals surface area contributed by atoms with Crippen LogP contribution >= 0.6 is 0 Å². The second-order valence-electron chi connectivity index (χ2n) is 3.72. The fraction of sp³-hybridized carbons (Fsp3) is 0.800. The van der Waals surface area contributed by atoms with E-state index >= 15 is 0 Å². The van der Waals surface area contributed by atoms with Gasteiger partial charge in [0.25, 0.3) is 0 Å². The number of nitrogens with one attached hydrogen (secondary N) is 1. The van der Waals surface area contributed by atoms with Gasteiger partial charge < -0.3 is 15.2 Å². The zero-order chi connectivity index (χ0) is 11.3. The van der Waals surface area contributed by atoms with Crippen molar-refractivity contribution < 1.29 is 19.4 Å². The first kappa shape index (κ1) is 12.0. The molecule has 0 aromatic heterocycles. The molecule has 1 heterocycles. The fourth-order valence-electron chi connectivity index (χ4n) is 1.53. The Morgan fingerprint density at radius 3 is 3.00 bits per heavy atom. The first-order valence-corrected chi connectivity index (χ1v) is 5.27. The summed E-state index contributed by atoms with van der Waals surface area (Å²) in [5.74, 6) is -0.673. The van der Waals surface area contributed by atoms with E-state index in [0.717, 1.165) is 6.42 Å². The monoisotopic (exact) mass is 215 g/mol. The maximum atomic E-state index is 11.4. The molecule has 1 rings (SSSR count). The molecule has 5 heteroatoms. The Hall–Kier alpha value is -1.10. The first-order valence-electron chi connectivity index (χ1n) is 5.27. The first-order chi connectivity index (χ1) is 7.13. The van der Waals surface area contributed by atoms with E-state index in [4.69, 9.17) is 4.74 Å². The summed E-state index contributed by atoms with van der Waals surface area (Å²) in [7, 11) is 0. The lowest BCUT2D eigenvalue weighted by Gasteiger charge is -2.11. The van der Waals surface area contributed by atoms with E-state index in [1.54, 1.807) is 0 Å². The molecule has 0 radical (unpaired) electrons. The number of ether oxygens (including phenoxy) is 1. The average Bonchev–Trinajstić information content (AvgIpc) is 2.52. The minimum absolute atomic E-state index is 0.0532. The van der Waals surface area contributed by atoms with Crippen LogP contribution in [0.15, 0.2) is 0 Å². The van der Waals surface area contributed by atoms with Gasteiger partial charge in [-0.25, -0.2) is 4.79 Å². The van der Waals surface area contributed by atoms with Crippen LogP contribution in [0, 0.1) is 0 Å². The SMILES string of the molecule is CCCC(O)CC(=O)N[C@H]1CCOC1=O. The van der Waals surface area contributed by atoms with E-state index in [1.165, 1.54) is 0 Å². The van der Waals surface area contributed by atoms with Crippen molar-refractivity contribution in [1.82, 2.24) is 5.32 Å². The van der Waals surface area contributed by atoms with Crippen LogP contribution in [0.4, 0.5) is 0 Å². The van der Waals surface area contributed by atoms with Crippen molar-refractivity contribution >= 4 is 11.9 Å². The largest absolute Gasteiger partial charge is 0.464 e. The number of aliphatic hydroxyl groups is 1. The topological polar surface area (TPSA) is 75.6 Å². The van der Waals surface area contributed by atoms with Crippen molar-refractivity contribution in [2.45, 2.75) is 44.8 Å². The molecule has 1 aliphatic heterocycles. The molecular weight excluding hydrogens is 198 g/mol. The van der Waals surface area contributed by atoms with Crippen molar-refractivity contribution in [3.63, 3.8) is 0 Å². The average molecular weight is 215 g/mol. The van der Waals surface area contributed by atoms with Gasteiger partial charge in [0.1, 0.15) is 6.04 Å². The molecule has 0 aromatic rings. The number of aliphatic hydroxyl groups excluding tert-OH is 1. The molecule has 1 fully saturated rings. The quantitative estimate of drug-likeness (QED) is 0.631. The molecule has 1 aliphatic rings. The summed E-state index contributed by atoms with van der Waals surface area (Å²) in [6.45, 7) is 2.30. The Labute approximate surface area is 88.8 Å². The molecule has 5 nitrogen and oxygen atoms in total. The third-order valence-electron chi connectivity index (χ3n) is 2.31. The summed E-state index contributed by atoms with van der Waals surface area (Å²) in [5, 5.41) is 11.9. The van der Waals surface area contributed by atoms with Gasteiger partial charge in [-0.2, -0.15) is 0 Å². The van der Waals surface area contributed by atoms with E-state index in [1.807, 2.05) is 6.92 Å². The Bertz CT molecular complexity index is 242. The van der Waals surface area contributed by atoms with E-state index in [0.29, 0.717) is 19.4 Å². The van der Waals surface area contributed by atoms with Crippen molar-refractivity contribution in [2.24, 2.45) is 0 Å². The Kier molecular flexibility index (Phi) is 4.55. The van der Waals surface area contributed by atoms with Crippen LogP contribution in [0.5, 0.6) is 0 Å². The number of carbonyl (C=O) groups is 2. The number of cyclic esters (lactones) is 1. The second kappa shape index (κ2) is 5.70. The van der Waals surface area contributed by atoms with Crippen LogP contribution in [-0.4, -0.2) is 35.7 Å². The van der Waals surface area contributed by atoms with Gasteiger partial charge in [-0.05, 0) is 6.42 Å². The molecule has 1 amide bonds. The molecule has 1 saturated heterocycles. The molecule has 86 valence electrons. The van der Waals surface area contributed by atoms with Gasteiger partial charge in [-0.3, -0.25) is 4.79 Å². The predicted molar refractivity (Wildman–Crippen MR) is 53.0 cm³/mol. The lowest BCUT2D eigenvalue weighted by Crippen LogP contribution is -2.39. The Morgan fingerprint density at radius 2 is 2.47 bits per heavy atom. The van der Waals surface area contributed by atoms with Crippen molar-refractivity contribution in [3.8, 4) is 0 Å². The summed E-state index contributed by atoms with van der Waals surface area (Å²) in [4.78, 5) is 22.4. The molecule has 0 aliphatic carbocycles. The molecule has 15 heavy (non-hydrogen) atoms. The lowest BCUT2D eigenvalue weighted by atomic mass is 10.1. The van der Waals surface area contributed by atoms with Crippen molar-refractivity contribution in [3.05, 3.63) is 0 Å². The van der Waals surface area contributed by atoms with Crippen LogP contribution in [0.1, 0.15) is 32.6 Å². The van der Waals surface area contributed by atoms with Crippen molar-refractivity contribution in [2.75, 3.05) is 6.61 Å². The lowest BCUT2D eigenvalue weighted by molar-refractivity contribution is -0.141. The summed E-state index contributed by atoms with van der Waals surface area (Å²) in [6.07, 6.45) is 1.39. The molecule has 0 spiro atoms. The van der Waals surface area contributed by atoms with E-state index in [-0.39, 0.29) is 18.3 Å². The normalized spacial score (nSPS) is 22.3. The minimum atomic E-state index is -0.618. The zero-order valence-electron chi connectivity index (χ0n) is 8.86. The van der Waals surface area contributed by atoms with Gasteiger partial charge in [-0.1, -0.05) is 13.3 Å².